The van der Waals surface area contributed by atoms with Crippen LogP contribution in [0.25, 0.3) is 17.1 Å². The molecule has 3 aromatic carbocycles. The van der Waals surface area contributed by atoms with Crippen molar-refractivity contribution >= 4 is 28.7 Å². The Balaban J connectivity index is 1.57. The molecule has 0 saturated carbocycles. The van der Waals surface area contributed by atoms with E-state index in [0.717, 1.165) is 29.2 Å². The molecule has 0 unspecified atom stereocenters. The van der Waals surface area contributed by atoms with Crippen LogP contribution < -0.4 is 4.74 Å². The zero-order valence-electron chi connectivity index (χ0n) is 14.8. The molecule has 4 heteroatoms. The minimum atomic E-state index is 0.398. The van der Waals surface area contributed by atoms with Crippen molar-refractivity contribution in [2.45, 2.75) is 13.2 Å². The predicted molar refractivity (Wildman–Crippen MR) is 111 cm³/mol. The number of halogens is 1. The van der Waals surface area contributed by atoms with E-state index >= 15 is 0 Å². The maximum absolute atomic E-state index is 5.94. The van der Waals surface area contributed by atoms with Crippen LogP contribution in [-0.4, -0.2) is 9.55 Å². The summed E-state index contributed by atoms with van der Waals surface area (Å²) in [5.74, 6) is 1.67. The number of allylic oxidation sites excluding steroid dienone is 1. The van der Waals surface area contributed by atoms with Gasteiger partial charge in [0.25, 0.3) is 0 Å². The summed E-state index contributed by atoms with van der Waals surface area (Å²) >= 11 is 5.94. The molecule has 0 N–H and O–H groups in total. The van der Waals surface area contributed by atoms with Gasteiger partial charge >= 0.3 is 0 Å². The molecular weight excluding hydrogens is 356 g/mol. The van der Waals surface area contributed by atoms with Crippen molar-refractivity contribution in [2.24, 2.45) is 0 Å². The van der Waals surface area contributed by atoms with Gasteiger partial charge in [0.2, 0.25) is 0 Å². The lowest BCUT2D eigenvalue weighted by Crippen LogP contribution is -2.06. The first-order valence-electron chi connectivity index (χ1n) is 8.84. The summed E-state index contributed by atoms with van der Waals surface area (Å²) in [6.07, 6.45) is 4.27. The van der Waals surface area contributed by atoms with Gasteiger partial charge in [0, 0.05) is 11.6 Å². The number of hydrogen-bond acceptors (Lipinski definition) is 2. The molecule has 0 amide bonds. The van der Waals surface area contributed by atoms with Crippen LogP contribution in [0.1, 0.15) is 11.4 Å². The Morgan fingerprint density at radius 3 is 2.44 bits per heavy atom. The van der Waals surface area contributed by atoms with E-state index < -0.39 is 0 Å². The molecule has 4 aromatic rings. The summed E-state index contributed by atoms with van der Waals surface area (Å²) in [5, 5.41) is 0.695. The first kappa shape index (κ1) is 17.4. The number of rotatable bonds is 6. The van der Waals surface area contributed by atoms with Gasteiger partial charge in [0.05, 0.1) is 11.0 Å². The highest BCUT2D eigenvalue weighted by Gasteiger charge is 2.10. The third-order valence-corrected chi connectivity index (χ3v) is 4.57. The van der Waals surface area contributed by atoms with Crippen molar-refractivity contribution in [3.63, 3.8) is 0 Å². The zero-order chi connectivity index (χ0) is 18.5. The van der Waals surface area contributed by atoms with Crippen molar-refractivity contribution in [3.8, 4) is 5.75 Å². The molecule has 27 heavy (non-hydrogen) atoms. The molecule has 0 fully saturated rings. The van der Waals surface area contributed by atoms with Gasteiger partial charge in [-0.25, -0.2) is 4.98 Å². The van der Waals surface area contributed by atoms with E-state index in [2.05, 4.69) is 34.9 Å². The average Bonchev–Trinajstić information content (AvgIpc) is 3.06. The lowest BCUT2D eigenvalue weighted by Gasteiger charge is -2.09. The fourth-order valence-electron chi connectivity index (χ4n) is 2.98. The van der Waals surface area contributed by atoms with Gasteiger partial charge in [-0.2, -0.15) is 0 Å². The van der Waals surface area contributed by atoms with E-state index in [-0.39, 0.29) is 0 Å². The molecule has 0 spiro atoms. The van der Waals surface area contributed by atoms with Gasteiger partial charge in [-0.1, -0.05) is 66.2 Å². The molecule has 4 rings (SSSR count). The number of benzene rings is 3. The van der Waals surface area contributed by atoms with Crippen LogP contribution in [0.15, 0.2) is 84.9 Å². The van der Waals surface area contributed by atoms with Crippen molar-refractivity contribution in [3.05, 3.63) is 101 Å². The number of ether oxygens (including phenoxy) is 1. The minimum absolute atomic E-state index is 0.398. The van der Waals surface area contributed by atoms with Gasteiger partial charge in [0.1, 0.15) is 18.2 Å². The molecule has 0 bridgehead atoms. The number of nitrogens with zero attached hydrogens (tertiary/aromatic N) is 2. The van der Waals surface area contributed by atoms with E-state index in [9.17, 15) is 0 Å². The predicted octanol–water partition coefficient (Wildman–Crippen LogP) is 5.98. The van der Waals surface area contributed by atoms with E-state index in [0.29, 0.717) is 11.6 Å². The topological polar surface area (TPSA) is 27.1 Å². The molecule has 3 nitrogen and oxygen atoms in total. The summed E-state index contributed by atoms with van der Waals surface area (Å²) in [4.78, 5) is 4.75. The Kier molecular flexibility index (Phi) is 5.22. The number of imidazole rings is 1. The molecule has 134 valence electrons. The van der Waals surface area contributed by atoms with Gasteiger partial charge in [0.15, 0.2) is 0 Å². The van der Waals surface area contributed by atoms with E-state index in [1.54, 1.807) is 0 Å². The summed E-state index contributed by atoms with van der Waals surface area (Å²) in [6, 6.07) is 25.8. The highest BCUT2D eigenvalue weighted by atomic mass is 35.5. The van der Waals surface area contributed by atoms with Crippen LogP contribution in [0, 0.1) is 0 Å². The summed E-state index contributed by atoms with van der Waals surface area (Å²) in [5.41, 5.74) is 3.26. The van der Waals surface area contributed by atoms with E-state index in [1.165, 1.54) is 5.56 Å². The zero-order valence-corrected chi connectivity index (χ0v) is 15.5. The third kappa shape index (κ3) is 4.21. The monoisotopic (exact) mass is 374 g/mol. The highest BCUT2D eigenvalue weighted by Crippen LogP contribution is 2.20. The number of hydrogen-bond donors (Lipinski definition) is 0. The van der Waals surface area contributed by atoms with Gasteiger partial charge in [-0.3, -0.25) is 0 Å². The van der Waals surface area contributed by atoms with Gasteiger partial charge in [-0.05, 0) is 42.0 Å². The fraction of sp³-hybridized carbons (Fsp3) is 0.0870. The fourth-order valence-corrected chi connectivity index (χ4v) is 3.10. The van der Waals surface area contributed by atoms with Gasteiger partial charge in [-0.15, -0.1) is 0 Å². The third-order valence-electron chi connectivity index (χ3n) is 4.31. The maximum Gasteiger partial charge on any atom is 0.148 e. The smallest absolute Gasteiger partial charge is 0.148 e. The van der Waals surface area contributed by atoms with Crippen LogP contribution in [0.5, 0.6) is 5.75 Å². The molecule has 0 aliphatic carbocycles. The number of fused-ring (bicyclic) bond motifs is 1. The summed E-state index contributed by atoms with van der Waals surface area (Å²) < 4.78 is 8.10. The first-order valence-corrected chi connectivity index (χ1v) is 9.21. The quantitative estimate of drug-likeness (QED) is 0.415. The largest absolute Gasteiger partial charge is 0.486 e. The lowest BCUT2D eigenvalue weighted by atomic mass is 10.2. The second kappa shape index (κ2) is 8.11. The normalized spacial score (nSPS) is 11.3. The molecular formula is C23H19ClN2O. The van der Waals surface area contributed by atoms with Crippen molar-refractivity contribution in [1.82, 2.24) is 9.55 Å². The van der Waals surface area contributed by atoms with Gasteiger partial charge < -0.3 is 9.30 Å². The molecule has 0 aliphatic rings. The second-order valence-corrected chi connectivity index (χ2v) is 6.62. The highest BCUT2D eigenvalue weighted by molar-refractivity contribution is 6.30. The van der Waals surface area contributed by atoms with Crippen molar-refractivity contribution < 1.29 is 4.74 Å². The van der Waals surface area contributed by atoms with Crippen LogP contribution in [0.3, 0.4) is 0 Å². The van der Waals surface area contributed by atoms with Crippen LogP contribution in [0.4, 0.5) is 0 Å². The Morgan fingerprint density at radius 1 is 0.889 bits per heavy atom. The van der Waals surface area contributed by atoms with Crippen LogP contribution >= 0.6 is 11.6 Å². The number of para-hydroxylation sites is 2. The first-order chi connectivity index (χ1) is 13.3. The van der Waals surface area contributed by atoms with Crippen molar-refractivity contribution in [2.75, 3.05) is 0 Å². The minimum Gasteiger partial charge on any atom is -0.486 e. The van der Waals surface area contributed by atoms with Crippen LogP contribution in [-0.2, 0) is 13.2 Å². The Bertz CT molecular complexity index is 1050. The summed E-state index contributed by atoms with van der Waals surface area (Å²) in [6.45, 7) is 1.13. The summed E-state index contributed by atoms with van der Waals surface area (Å²) in [7, 11) is 0. The number of aromatic nitrogens is 2. The standard InChI is InChI=1S/C23H19ClN2O/c24-19-12-14-20(15-13-19)27-17-23-25-21-10-4-5-11-22(21)26(23)16-6-9-18-7-2-1-3-8-18/h1-15H,16-17H2/b9-6+. The maximum atomic E-state index is 5.94. The Morgan fingerprint density at radius 2 is 1.63 bits per heavy atom. The SMILES string of the molecule is Clc1ccc(OCc2nc3ccccc3n2C/C=C/c2ccccc2)cc1. The second-order valence-electron chi connectivity index (χ2n) is 6.18. The molecule has 0 saturated heterocycles. The molecule has 0 radical (unpaired) electrons. The average molecular weight is 375 g/mol. The Labute approximate surface area is 163 Å². The van der Waals surface area contributed by atoms with E-state index in [4.69, 9.17) is 21.3 Å². The Hall–Kier alpha value is -3.04. The van der Waals surface area contributed by atoms with Crippen LogP contribution in [0.2, 0.25) is 5.02 Å². The molecule has 0 aliphatic heterocycles. The molecule has 1 heterocycles. The molecule has 1 aromatic heterocycles. The lowest BCUT2D eigenvalue weighted by molar-refractivity contribution is 0.291. The van der Waals surface area contributed by atoms with E-state index in [1.807, 2.05) is 60.7 Å². The molecule has 0 atom stereocenters. The van der Waals surface area contributed by atoms with Crippen molar-refractivity contribution in [1.29, 1.82) is 0 Å².